The van der Waals surface area contributed by atoms with Gasteiger partial charge in [-0.1, -0.05) is 6.42 Å². The van der Waals surface area contributed by atoms with Crippen LogP contribution in [0.4, 0.5) is 0 Å². The Labute approximate surface area is 89.1 Å². The first-order valence-corrected chi connectivity index (χ1v) is 6.29. The van der Waals surface area contributed by atoms with Crippen LogP contribution in [0.2, 0.25) is 0 Å². The first-order chi connectivity index (χ1) is 6.79. The van der Waals surface area contributed by atoms with Crippen molar-refractivity contribution in [1.29, 1.82) is 5.26 Å². The molecule has 2 heterocycles. The quantitative estimate of drug-likeness (QED) is 0.701. The molecule has 2 rings (SSSR count). The van der Waals surface area contributed by atoms with Gasteiger partial charge in [0.05, 0.1) is 12.5 Å². The Kier molecular flexibility index (Phi) is 3.12. The predicted molar refractivity (Wildman–Crippen MR) is 57.0 cm³/mol. The fourth-order valence-corrected chi connectivity index (χ4v) is 4.38. The summed E-state index contributed by atoms with van der Waals surface area (Å²) in [6.45, 7) is 0. The summed E-state index contributed by atoms with van der Waals surface area (Å²) in [6, 6.07) is 1.97. The van der Waals surface area contributed by atoms with Crippen LogP contribution in [0, 0.1) is 17.2 Å². The molecule has 76 valence electrons. The van der Waals surface area contributed by atoms with Gasteiger partial charge in [-0.15, -0.1) is 0 Å². The number of nitriles is 1. The lowest BCUT2D eigenvalue weighted by atomic mass is 9.86. The van der Waals surface area contributed by atoms with E-state index in [1.807, 2.05) is 6.07 Å². The second kappa shape index (κ2) is 4.35. The summed E-state index contributed by atoms with van der Waals surface area (Å²) in [4.78, 5) is 11.6. The van der Waals surface area contributed by atoms with Crippen LogP contribution < -0.4 is 0 Å². The Morgan fingerprint density at radius 2 is 2.00 bits per heavy atom. The Morgan fingerprint density at radius 3 is 2.57 bits per heavy atom. The van der Waals surface area contributed by atoms with E-state index in [1.54, 1.807) is 0 Å². The molecule has 0 aromatic heterocycles. The van der Waals surface area contributed by atoms with Gasteiger partial charge >= 0.3 is 0 Å². The van der Waals surface area contributed by atoms with Crippen molar-refractivity contribution in [3.8, 4) is 6.07 Å². The molecule has 2 nitrogen and oxygen atoms in total. The number of thioether (sulfide) groups is 1. The zero-order chi connectivity index (χ0) is 9.97. The van der Waals surface area contributed by atoms with Crippen LogP contribution >= 0.6 is 11.8 Å². The van der Waals surface area contributed by atoms with Crippen molar-refractivity contribution < 1.29 is 4.79 Å². The first-order valence-electron chi connectivity index (χ1n) is 5.34. The third-order valence-corrected chi connectivity index (χ3v) is 4.87. The molecule has 0 radical (unpaired) electrons. The summed E-state index contributed by atoms with van der Waals surface area (Å²) < 4.78 is 0. The predicted octanol–water partition coefficient (Wildman–Crippen LogP) is 2.53. The lowest BCUT2D eigenvalue weighted by molar-refractivity contribution is -0.122. The van der Waals surface area contributed by atoms with Crippen molar-refractivity contribution in [2.45, 2.75) is 49.0 Å². The third-order valence-electron chi connectivity index (χ3n) is 3.24. The zero-order valence-corrected chi connectivity index (χ0v) is 9.05. The topological polar surface area (TPSA) is 40.9 Å². The summed E-state index contributed by atoms with van der Waals surface area (Å²) in [6.07, 6.45) is 6.06. The summed E-state index contributed by atoms with van der Waals surface area (Å²) >= 11 is 2.08. The van der Waals surface area contributed by atoms with E-state index in [-0.39, 0.29) is 18.1 Å². The van der Waals surface area contributed by atoms with Gasteiger partial charge in [-0.3, -0.25) is 4.79 Å². The van der Waals surface area contributed by atoms with E-state index in [1.165, 1.54) is 19.3 Å². The first kappa shape index (κ1) is 10.0. The highest BCUT2D eigenvalue weighted by Gasteiger charge is 2.35. The standard InChI is InChI=1S/C11H15NOS/c12-5-4-11(13)8-6-9-2-1-3-10(7-8)14-9/h8-10H,1-4,6-7H2. The van der Waals surface area contributed by atoms with Crippen LogP contribution in [0.25, 0.3) is 0 Å². The molecule has 0 aromatic rings. The lowest BCUT2D eigenvalue weighted by Gasteiger charge is -2.37. The Balaban J connectivity index is 1.95. The number of nitrogens with zero attached hydrogens (tertiary/aromatic N) is 1. The number of hydrogen-bond donors (Lipinski definition) is 0. The molecule has 0 aliphatic carbocycles. The Morgan fingerprint density at radius 1 is 1.36 bits per heavy atom. The molecule has 2 bridgehead atoms. The van der Waals surface area contributed by atoms with Gasteiger partial charge in [0.2, 0.25) is 0 Å². The molecule has 2 fully saturated rings. The average Bonchev–Trinajstić information content (AvgIpc) is 2.17. The minimum Gasteiger partial charge on any atom is -0.298 e. The molecule has 2 aliphatic heterocycles. The molecular formula is C11H15NOS. The van der Waals surface area contributed by atoms with Crippen LogP contribution in [-0.2, 0) is 4.79 Å². The van der Waals surface area contributed by atoms with Gasteiger partial charge in [-0.05, 0) is 25.7 Å². The largest absolute Gasteiger partial charge is 0.298 e. The highest BCUT2D eigenvalue weighted by molar-refractivity contribution is 8.00. The van der Waals surface area contributed by atoms with Crippen molar-refractivity contribution in [3.63, 3.8) is 0 Å². The number of fused-ring (bicyclic) bond motifs is 2. The molecule has 0 saturated carbocycles. The maximum absolute atomic E-state index is 11.6. The van der Waals surface area contributed by atoms with Crippen molar-refractivity contribution in [3.05, 3.63) is 0 Å². The Hall–Kier alpha value is -0.490. The number of rotatable bonds is 2. The highest BCUT2D eigenvalue weighted by atomic mass is 32.2. The van der Waals surface area contributed by atoms with E-state index in [9.17, 15) is 4.79 Å². The van der Waals surface area contributed by atoms with Gasteiger partial charge in [0.1, 0.15) is 5.78 Å². The molecule has 0 aromatic carbocycles. The molecule has 0 N–H and O–H groups in total. The fraction of sp³-hybridized carbons (Fsp3) is 0.818. The summed E-state index contributed by atoms with van der Waals surface area (Å²) in [5.41, 5.74) is 0. The smallest absolute Gasteiger partial charge is 0.150 e. The summed E-state index contributed by atoms with van der Waals surface area (Å²) in [5.74, 6) is 0.385. The average molecular weight is 209 g/mol. The second-order valence-electron chi connectivity index (χ2n) is 4.28. The van der Waals surface area contributed by atoms with Crippen molar-refractivity contribution >= 4 is 17.5 Å². The number of hydrogen-bond acceptors (Lipinski definition) is 3. The highest BCUT2D eigenvalue weighted by Crippen LogP contribution is 2.44. The SMILES string of the molecule is N#CCC(=O)C1CC2CCCC(C1)S2. The van der Waals surface area contributed by atoms with Crippen LogP contribution in [-0.4, -0.2) is 16.3 Å². The van der Waals surface area contributed by atoms with Crippen molar-refractivity contribution in [2.75, 3.05) is 0 Å². The molecule has 14 heavy (non-hydrogen) atoms. The Bertz CT molecular complexity index is 259. The number of ketones is 1. The third kappa shape index (κ3) is 2.12. The van der Waals surface area contributed by atoms with Crippen LogP contribution in [0.15, 0.2) is 0 Å². The van der Waals surface area contributed by atoms with Gasteiger partial charge in [0.15, 0.2) is 0 Å². The van der Waals surface area contributed by atoms with E-state index in [0.29, 0.717) is 10.5 Å². The lowest BCUT2D eigenvalue weighted by Crippen LogP contribution is -2.32. The van der Waals surface area contributed by atoms with Crippen molar-refractivity contribution in [2.24, 2.45) is 5.92 Å². The van der Waals surface area contributed by atoms with E-state index < -0.39 is 0 Å². The van der Waals surface area contributed by atoms with Gasteiger partial charge < -0.3 is 0 Å². The minimum atomic E-state index is 0.120. The van der Waals surface area contributed by atoms with Gasteiger partial charge in [0.25, 0.3) is 0 Å². The van der Waals surface area contributed by atoms with E-state index >= 15 is 0 Å². The van der Waals surface area contributed by atoms with Crippen LogP contribution in [0.5, 0.6) is 0 Å². The monoisotopic (exact) mass is 209 g/mol. The fourth-order valence-electron chi connectivity index (χ4n) is 2.54. The number of Topliss-reactive ketones (excluding diaryl/α,β-unsaturated/α-hetero) is 1. The second-order valence-corrected chi connectivity index (χ2v) is 5.89. The van der Waals surface area contributed by atoms with Gasteiger partial charge in [-0.25, -0.2) is 0 Å². The maximum atomic E-state index is 11.6. The normalized spacial score (nSPS) is 36.1. The molecule has 2 atom stereocenters. The number of carbonyl (C=O) groups is 1. The molecule has 2 saturated heterocycles. The molecule has 0 spiro atoms. The summed E-state index contributed by atoms with van der Waals surface area (Å²) in [5, 5.41) is 9.90. The minimum absolute atomic E-state index is 0.120. The molecule has 2 unspecified atom stereocenters. The van der Waals surface area contributed by atoms with Gasteiger partial charge in [-0.2, -0.15) is 17.0 Å². The summed E-state index contributed by atoms with van der Waals surface area (Å²) in [7, 11) is 0. The van der Waals surface area contributed by atoms with E-state index in [2.05, 4.69) is 11.8 Å². The van der Waals surface area contributed by atoms with Crippen LogP contribution in [0.1, 0.15) is 38.5 Å². The van der Waals surface area contributed by atoms with Crippen LogP contribution in [0.3, 0.4) is 0 Å². The zero-order valence-electron chi connectivity index (χ0n) is 8.24. The number of carbonyl (C=O) groups excluding carboxylic acids is 1. The van der Waals surface area contributed by atoms with E-state index in [4.69, 9.17) is 5.26 Å². The van der Waals surface area contributed by atoms with E-state index in [0.717, 1.165) is 12.8 Å². The van der Waals surface area contributed by atoms with Crippen molar-refractivity contribution in [1.82, 2.24) is 0 Å². The maximum Gasteiger partial charge on any atom is 0.150 e. The molecular weight excluding hydrogens is 194 g/mol. The molecule has 2 aliphatic rings. The molecule has 3 heteroatoms. The molecule has 0 amide bonds. The van der Waals surface area contributed by atoms with Gasteiger partial charge in [0, 0.05) is 16.4 Å².